The van der Waals surface area contributed by atoms with E-state index >= 15 is 0 Å². The van der Waals surface area contributed by atoms with Gasteiger partial charge in [0.2, 0.25) is 0 Å². The summed E-state index contributed by atoms with van der Waals surface area (Å²) in [7, 11) is -3.78. The van der Waals surface area contributed by atoms with Crippen LogP contribution >= 0.6 is 23.2 Å². The molecule has 0 fully saturated rings. The highest BCUT2D eigenvalue weighted by molar-refractivity contribution is 7.92. The van der Waals surface area contributed by atoms with Gasteiger partial charge in [0.05, 0.1) is 5.69 Å². The fourth-order valence-corrected chi connectivity index (χ4v) is 3.05. The summed E-state index contributed by atoms with van der Waals surface area (Å²) in [5.74, 6) is 0. The highest BCUT2D eigenvalue weighted by Crippen LogP contribution is 2.25. The van der Waals surface area contributed by atoms with E-state index in [-0.39, 0.29) is 10.6 Å². The Morgan fingerprint density at radius 2 is 1.53 bits per heavy atom. The third-order valence-corrected chi connectivity index (χ3v) is 4.29. The molecule has 0 bridgehead atoms. The molecule has 19 heavy (non-hydrogen) atoms. The van der Waals surface area contributed by atoms with Gasteiger partial charge in [0.25, 0.3) is 10.0 Å². The van der Waals surface area contributed by atoms with Crippen LogP contribution in [0.25, 0.3) is 0 Å². The minimum atomic E-state index is -3.78. The maximum absolute atomic E-state index is 12.2. The molecular weight excluding hydrogens is 307 g/mol. The molecule has 0 aliphatic rings. The molecule has 4 nitrogen and oxygen atoms in total. The molecule has 0 spiro atoms. The third kappa shape index (κ3) is 3.32. The van der Waals surface area contributed by atoms with E-state index in [4.69, 9.17) is 28.9 Å². The molecule has 0 radical (unpaired) electrons. The maximum atomic E-state index is 12.2. The number of benzene rings is 2. The average molecular weight is 317 g/mol. The number of halogens is 2. The summed E-state index contributed by atoms with van der Waals surface area (Å²) >= 11 is 11.5. The van der Waals surface area contributed by atoms with Crippen LogP contribution in [0.2, 0.25) is 10.0 Å². The predicted molar refractivity (Wildman–Crippen MR) is 78.1 cm³/mol. The molecule has 0 saturated heterocycles. The number of nitrogen functional groups attached to an aromatic ring is 1. The van der Waals surface area contributed by atoms with Crippen molar-refractivity contribution in [3.63, 3.8) is 0 Å². The normalized spacial score (nSPS) is 11.3. The highest BCUT2D eigenvalue weighted by Gasteiger charge is 2.18. The molecule has 100 valence electrons. The summed E-state index contributed by atoms with van der Waals surface area (Å²) in [6, 6.07) is 10.6. The smallest absolute Gasteiger partial charge is 0.263 e. The second-order valence-electron chi connectivity index (χ2n) is 3.79. The van der Waals surface area contributed by atoms with Crippen LogP contribution in [0.15, 0.2) is 47.4 Å². The predicted octanol–water partition coefficient (Wildman–Crippen LogP) is 3.38. The summed E-state index contributed by atoms with van der Waals surface area (Å²) < 4.78 is 26.8. The minimum Gasteiger partial charge on any atom is -0.398 e. The van der Waals surface area contributed by atoms with Crippen molar-refractivity contribution in [2.24, 2.45) is 0 Å². The Balaban J connectivity index is 2.37. The molecule has 3 N–H and O–H groups in total. The van der Waals surface area contributed by atoms with Crippen LogP contribution in [0, 0.1) is 0 Å². The standard InChI is InChI=1S/C12H10Cl2N2O2S/c13-8-1-4-10(5-2-8)16-19(17,18)12-7-9(14)3-6-11(12)15/h1-7,16H,15H2. The Hall–Kier alpha value is -1.43. The van der Waals surface area contributed by atoms with E-state index in [1.165, 1.54) is 18.2 Å². The maximum Gasteiger partial charge on any atom is 0.263 e. The van der Waals surface area contributed by atoms with Crippen LogP contribution in [0.4, 0.5) is 11.4 Å². The fraction of sp³-hybridized carbons (Fsp3) is 0. The van der Waals surface area contributed by atoms with Crippen molar-refractivity contribution in [2.75, 3.05) is 10.5 Å². The van der Waals surface area contributed by atoms with Crippen LogP contribution < -0.4 is 10.5 Å². The molecule has 2 aromatic rings. The van der Waals surface area contributed by atoms with Crippen LogP contribution in [0.1, 0.15) is 0 Å². The summed E-state index contributed by atoms with van der Waals surface area (Å²) in [5.41, 5.74) is 6.18. The van der Waals surface area contributed by atoms with E-state index in [1.807, 2.05) is 0 Å². The zero-order valence-corrected chi connectivity index (χ0v) is 11.9. The number of hydrogen-bond acceptors (Lipinski definition) is 3. The molecular formula is C12H10Cl2N2O2S. The van der Waals surface area contributed by atoms with Crippen LogP contribution in [-0.2, 0) is 10.0 Å². The van der Waals surface area contributed by atoms with Crippen molar-refractivity contribution >= 4 is 44.6 Å². The first-order valence-corrected chi connectivity index (χ1v) is 7.46. The number of hydrogen-bond donors (Lipinski definition) is 2. The van der Waals surface area contributed by atoms with E-state index < -0.39 is 10.0 Å². The molecule has 2 aromatic carbocycles. The van der Waals surface area contributed by atoms with Gasteiger partial charge in [0.15, 0.2) is 0 Å². The molecule has 2 rings (SSSR count). The van der Waals surface area contributed by atoms with Gasteiger partial charge >= 0.3 is 0 Å². The Labute approximate surface area is 121 Å². The first-order valence-electron chi connectivity index (χ1n) is 5.22. The average Bonchev–Trinajstić information content (AvgIpc) is 2.35. The van der Waals surface area contributed by atoms with Crippen LogP contribution in [0.5, 0.6) is 0 Å². The molecule has 0 amide bonds. The van der Waals surface area contributed by atoms with Gasteiger partial charge in [-0.15, -0.1) is 0 Å². The van der Waals surface area contributed by atoms with Gasteiger partial charge < -0.3 is 5.73 Å². The summed E-state index contributed by atoms with van der Waals surface area (Å²) in [5, 5.41) is 0.816. The van der Waals surface area contributed by atoms with Crippen molar-refractivity contribution in [3.05, 3.63) is 52.5 Å². The second kappa shape index (κ2) is 5.28. The second-order valence-corrected chi connectivity index (χ2v) is 6.32. The highest BCUT2D eigenvalue weighted by atomic mass is 35.5. The first kappa shape index (κ1) is 14.0. The molecule has 0 aliphatic carbocycles. The van der Waals surface area contributed by atoms with Gasteiger partial charge in [0.1, 0.15) is 4.90 Å². The lowest BCUT2D eigenvalue weighted by molar-refractivity contribution is 0.601. The van der Waals surface area contributed by atoms with E-state index in [9.17, 15) is 8.42 Å². The Morgan fingerprint density at radius 3 is 2.16 bits per heavy atom. The summed E-state index contributed by atoms with van der Waals surface area (Å²) in [6.45, 7) is 0. The largest absolute Gasteiger partial charge is 0.398 e. The Morgan fingerprint density at radius 1 is 0.947 bits per heavy atom. The van der Waals surface area contributed by atoms with Gasteiger partial charge in [-0.1, -0.05) is 23.2 Å². The van der Waals surface area contributed by atoms with Crippen molar-refractivity contribution in [1.29, 1.82) is 0 Å². The first-order chi connectivity index (χ1) is 8.88. The van der Waals surface area contributed by atoms with Gasteiger partial charge in [-0.25, -0.2) is 8.42 Å². The number of nitrogens with one attached hydrogen (secondary N) is 1. The zero-order chi connectivity index (χ0) is 14.0. The number of sulfonamides is 1. The van der Waals surface area contributed by atoms with E-state index in [1.54, 1.807) is 24.3 Å². The van der Waals surface area contributed by atoms with Crippen LogP contribution in [-0.4, -0.2) is 8.42 Å². The fourth-order valence-electron chi connectivity index (χ4n) is 1.47. The zero-order valence-electron chi connectivity index (χ0n) is 9.60. The molecule has 0 unspecified atom stereocenters. The Bertz CT molecular complexity index is 700. The number of rotatable bonds is 3. The quantitative estimate of drug-likeness (QED) is 0.853. The van der Waals surface area contributed by atoms with Gasteiger partial charge in [-0.3, -0.25) is 4.72 Å². The van der Waals surface area contributed by atoms with Crippen molar-refractivity contribution in [3.8, 4) is 0 Å². The van der Waals surface area contributed by atoms with Gasteiger partial charge in [0, 0.05) is 15.7 Å². The van der Waals surface area contributed by atoms with Gasteiger partial charge in [-0.2, -0.15) is 0 Å². The number of anilines is 2. The van der Waals surface area contributed by atoms with Crippen molar-refractivity contribution in [1.82, 2.24) is 0 Å². The molecule has 0 heterocycles. The molecule has 0 saturated carbocycles. The van der Waals surface area contributed by atoms with Crippen molar-refractivity contribution in [2.45, 2.75) is 4.90 Å². The lowest BCUT2D eigenvalue weighted by Gasteiger charge is -2.10. The topological polar surface area (TPSA) is 72.2 Å². The summed E-state index contributed by atoms with van der Waals surface area (Å²) in [6.07, 6.45) is 0. The van der Waals surface area contributed by atoms with E-state index in [0.29, 0.717) is 15.7 Å². The summed E-state index contributed by atoms with van der Waals surface area (Å²) in [4.78, 5) is -0.0602. The number of nitrogens with two attached hydrogens (primary N) is 1. The molecule has 0 atom stereocenters. The van der Waals surface area contributed by atoms with E-state index in [2.05, 4.69) is 4.72 Å². The molecule has 0 aliphatic heterocycles. The lowest BCUT2D eigenvalue weighted by Crippen LogP contribution is -2.14. The monoisotopic (exact) mass is 316 g/mol. The minimum absolute atomic E-state index is 0.0602. The van der Waals surface area contributed by atoms with Gasteiger partial charge in [-0.05, 0) is 42.5 Å². The SMILES string of the molecule is Nc1ccc(Cl)cc1S(=O)(=O)Nc1ccc(Cl)cc1. The molecule has 0 aromatic heterocycles. The third-order valence-electron chi connectivity index (χ3n) is 2.36. The van der Waals surface area contributed by atoms with Crippen molar-refractivity contribution < 1.29 is 8.42 Å². The van der Waals surface area contributed by atoms with E-state index in [0.717, 1.165) is 0 Å². The molecule has 7 heteroatoms. The lowest BCUT2D eigenvalue weighted by atomic mass is 10.3. The van der Waals surface area contributed by atoms with Crippen LogP contribution in [0.3, 0.4) is 0 Å². The Kier molecular flexibility index (Phi) is 3.89.